The van der Waals surface area contributed by atoms with E-state index in [2.05, 4.69) is 32.1 Å². The van der Waals surface area contributed by atoms with Crippen molar-refractivity contribution in [3.8, 4) is 0 Å². The maximum absolute atomic E-state index is 12.6. The van der Waals surface area contributed by atoms with E-state index in [9.17, 15) is 19.2 Å². The lowest BCUT2D eigenvalue weighted by Gasteiger charge is -2.23. The Kier molecular flexibility index (Phi) is 4.83. The second-order valence-electron chi connectivity index (χ2n) is 6.12. The number of amides is 5. The van der Waals surface area contributed by atoms with Crippen molar-refractivity contribution in [2.45, 2.75) is 44.2 Å². The number of urea groups is 1. The van der Waals surface area contributed by atoms with Crippen LogP contribution in [0.3, 0.4) is 0 Å². The van der Waals surface area contributed by atoms with Crippen LogP contribution in [0.4, 0.5) is 4.79 Å². The Labute approximate surface area is 156 Å². The summed E-state index contributed by atoms with van der Waals surface area (Å²) in [5.41, 5.74) is 3.69. The molecule has 0 radical (unpaired) electrons. The van der Waals surface area contributed by atoms with Crippen LogP contribution in [0.25, 0.3) is 0 Å². The summed E-state index contributed by atoms with van der Waals surface area (Å²) < 4.78 is 0.790. The van der Waals surface area contributed by atoms with Crippen molar-refractivity contribution in [1.82, 2.24) is 21.1 Å². The van der Waals surface area contributed by atoms with Crippen LogP contribution < -0.4 is 16.2 Å². The fourth-order valence-electron chi connectivity index (χ4n) is 3.15. The summed E-state index contributed by atoms with van der Waals surface area (Å²) in [6.07, 6.45) is 2.92. The molecular formula is C15H17BrN4O4S. The Balaban J connectivity index is 1.61. The normalized spacial score (nSPS) is 19.8. The summed E-state index contributed by atoms with van der Waals surface area (Å²) in [5.74, 6) is -1.48. The third kappa shape index (κ3) is 3.28. The molecule has 3 N–H and O–H groups in total. The number of rotatable bonds is 3. The average Bonchev–Trinajstić information content (AvgIpc) is 3.26. The fourth-order valence-corrected chi connectivity index (χ4v) is 4.43. The molecule has 2 heterocycles. The van der Waals surface area contributed by atoms with Crippen molar-refractivity contribution in [2.75, 3.05) is 0 Å². The topological polar surface area (TPSA) is 108 Å². The molecule has 1 saturated carbocycles. The van der Waals surface area contributed by atoms with Crippen molar-refractivity contribution in [3.63, 3.8) is 0 Å². The molecule has 3 rings (SSSR count). The minimum atomic E-state index is -1.03. The minimum Gasteiger partial charge on any atom is -0.323 e. The Bertz CT molecular complexity index is 744. The number of thiophene rings is 1. The van der Waals surface area contributed by atoms with Gasteiger partial charge in [-0.2, -0.15) is 0 Å². The van der Waals surface area contributed by atoms with E-state index in [1.807, 2.05) is 0 Å². The van der Waals surface area contributed by atoms with Gasteiger partial charge in [0, 0.05) is 0 Å². The first-order valence-corrected chi connectivity index (χ1v) is 9.46. The summed E-state index contributed by atoms with van der Waals surface area (Å²) in [4.78, 5) is 50.4. The quantitative estimate of drug-likeness (QED) is 0.500. The molecule has 25 heavy (non-hydrogen) atoms. The van der Waals surface area contributed by atoms with Gasteiger partial charge in [-0.25, -0.2) is 9.69 Å². The van der Waals surface area contributed by atoms with Gasteiger partial charge in [0.05, 0.1) is 8.66 Å². The van der Waals surface area contributed by atoms with Gasteiger partial charge in [-0.3, -0.25) is 25.2 Å². The van der Waals surface area contributed by atoms with Crippen LogP contribution in [0.1, 0.15) is 42.3 Å². The predicted octanol–water partition coefficient (Wildman–Crippen LogP) is 1.52. The molecule has 0 aromatic carbocycles. The van der Waals surface area contributed by atoms with E-state index < -0.39 is 29.4 Å². The number of nitrogens with one attached hydrogen (secondary N) is 3. The monoisotopic (exact) mass is 428 g/mol. The molecule has 1 aromatic rings. The zero-order chi connectivity index (χ0) is 18.2. The van der Waals surface area contributed by atoms with E-state index in [4.69, 9.17) is 0 Å². The molecular weight excluding hydrogens is 412 g/mol. The largest absolute Gasteiger partial charge is 0.325 e. The predicted molar refractivity (Wildman–Crippen MR) is 93.7 cm³/mol. The number of imide groups is 1. The lowest BCUT2D eigenvalue weighted by Crippen LogP contribution is -2.53. The first kappa shape index (κ1) is 17.9. The SMILES string of the molecule is CC(C(=O)NNC(=O)c1ccc(Br)s1)N1C(=O)NC2(CCCC2)C1=O. The second kappa shape index (κ2) is 6.75. The van der Waals surface area contributed by atoms with Gasteiger partial charge in [0.1, 0.15) is 11.6 Å². The van der Waals surface area contributed by atoms with Gasteiger partial charge in [0.2, 0.25) is 0 Å². The highest BCUT2D eigenvalue weighted by Gasteiger charge is 2.54. The van der Waals surface area contributed by atoms with Gasteiger partial charge >= 0.3 is 6.03 Å². The van der Waals surface area contributed by atoms with Gasteiger partial charge in [-0.1, -0.05) is 12.8 Å². The van der Waals surface area contributed by atoms with Crippen LogP contribution in [0.15, 0.2) is 15.9 Å². The number of hydrazine groups is 1. The molecule has 8 nitrogen and oxygen atoms in total. The highest BCUT2D eigenvalue weighted by Crippen LogP contribution is 2.35. The highest BCUT2D eigenvalue weighted by molar-refractivity contribution is 9.11. The Morgan fingerprint density at radius 1 is 1.28 bits per heavy atom. The molecule has 1 aromatic heterocycles. The first-order valence-electron chi connectivity index (χ1n) is 7.85. The molecule has 0 bridgehead atoms. The van der Waals surface area contributed by atoms with Crippen LogP contribution in [0.5, 0.6) is 0 Å². The number of halogens is 1. The molecule has 10 heteroatoms. The van der Waals surface area contributed by atoms with Crippen molar-refractivity contribution in [2.24, 2.45) is 0 Å². The number of carbonyl (C=O) groups is 4. The summed E-state index contributed by atoms with van der Waals surface area (Å²) in [7, 11) is 0. The second-order valence-corrected chi connectivity index (χ2v) is 8.58. The molecule has 1 aliphatic heterocycles. The Morgan fingerprint density at radius 2 is 1.96 bits per heavy atom. The van der Waals surface area contributed by atoms with Crippen molar-refractivity contribution < 1.29 is 19.2 Å². The third-order valence-corrected chi connectivity index (χ3v) is 6.14. The van der Waals surface area contributed by atoms with E-state index in [1.165, 1.54) is 18.3 Å². The molecule has 5 amide bonds. The van der Waals surface area contributed by atoms with E-state index >= 15 is 0 Å². The number of carbonyl (C=O) groups excluding carboxylic acids is 4. The van der Waals surface area contributed by atoms with E-state index in [-0.39, 0.29) is 5.91 Å². The lowest BCUT2D eigenvalue weighted by atomic mass is 9.97. The Hall–Kier alpha value is -1.94. The standard InChI is InChI=1S/C15H17BrN4O4S/c1-8(11(21)18-19-12(22)9-4-5-10(16)25-9)20-13(23)15(17-14(20)24)6-2-3-7-15/h4-5,8H,2-3,6-7H2,1H3,(H,17,24)(H,18,21)(H,19,22). The minimum absolute atomic E-state index is 0.369. The summed E-state index contributed by atoms with van der Waals surface area (Å²) in [5, 5.41) is 2.72. The molecule has 134 valence electrons. The van der Waals surface area contributed by atoms with Crippen molar-refractivity contribution in [1.29, 1.82) is 0 Å². The maximum atomic E-state index is 12.6. The first-order chi connectivity index (χ1) is 11.8. The summed E-state index contributed by atoms with van der Waals surface area (Å²) >= 11 is 4.47. The number of hydrogen-bond acceptors (Lipinski definition) is 5. The van der Waals surface area contributed by atoms with Crippen LogP contribution in [0.2, 0.25) is 0 Å². The molecule has 2 fully saturated rings. The van der Waals surface area contributed by atoms with Gasteiger partial charge in [0.15, 0.2) is 0 Å². The van der Waals surface area contributed by atoms with Crippen LogP contribution >= 0.6 is 27.3 Å². The van der Waals surface area contributed by atoms with Gasteiger partial charge in [-0.15, -0.1) is 11.3 Å². The van der Waals surface area contributed by atoms with E-state index in [0.29, 0.717) is 17.7 Å². The Morgan fingerprint density at radius 3 is 2.56 bits per heavy atom. The van der Waals surface area contributed by atoms with Gasteiger partial charge < -0.3 is 5.32 Å². The van der Waals surface area contributed by atoms with Crippen LogP contribution in [-0.4, -0.2) is 40.2 Å². The van der Waals surface area contributed by atoms with Crippen LogP contribution in [-0.2, 0) is 9.59 Å². The zero-order valence-corrected chi connectivity index (χ0v) is 15.8. The van der Waals surface area contributed by atoms with Crippen molar-refractivity contribution >= 4 is 51.0 Å². The smallest absolute Gasteiger partial charge is 0.323 e. The van der Waals surface area contributed by atoms with Crippen LogP contribution in [0, 0.1) is 0 Å². The molecule has 1 spiro atoms. The summed E-state index contributed by atoms with van der Waals surface area (Å²) in [6, 6.07) is 1.74. The van der Waals surface area contributed by atoms with Gasteiger partial charge in [-0.05, 0) is 47.8 Å². The molecule has 1 atom stereocenters. The fraction of sp³-hybridized carbons (Fsp3) is 0.467. The highest BCUT2D eigenvalue weighted by atomic mass is 79.9. The van der Waals surface area contributed by atoms with Gasteiger partial charge in [0.25, 0.3) is 17.7 Å². The lowest BCUT2D eigenvalue weighted by molar-refractivity contribution is -0.138. The van der Waals surface area contributed by atoms with E-state index in [0.717, 1.165) is 21.5 Å². The average molecular weight is 429 g/mol. The zero-order valence-electron chi connectivity index (χ0n) is 13.4. The molecule has 2 aliphatic rings. The molecule has 1 unspecified atom stereocenters. The maximum Gasteiger partial charge on any atom is 0.325 e. The van der Waals surface area contributed by atoms with E-state index in [1.54, 1.807) is 12.1 Å². The molecule has 1 saturated heterocycles. The number of hydrogen-bond donors (Lipinski definition) is 3. The third-order valence-electron chi connectivity index (χ3n) is 4.51. The van der Waals surface area contributed by atoms with Crippen molar-refractivity contribution in [3.05, 3.63) is 20.8 Å². The number of nitrogens with zero attached hydrogens (tertiary/aromatic N) is 1. The molecule has 1 aliphatic carbocycles. The summed E-state index contributed by atoms with van der Waals surface area (Å²) in [6.45, 7) is 1.45.